The largest absolute Gasteiger partial charge is 0.458 e. The molecule has 13 heavy (non-hydrogen) atoms. The first-order chi connectivity index (χ1) is 6.15. The number of Topliss-reactive ketones (excluding diaryl/α,β-unsaturated/α-hetero) is 1. The fraction of sp³-hybridized carbons (Fsp3) is 0.444. The zero-order valence-corrected chi connectivity index (χ0v) is 7.74. The Labute approximate surface area is 76.7 Å². The van der Waals surface area contributed by atoms with E-state index in [-0.39, 0.29) is 11.5 Å². The molecule has 1 unspecified atom stereocenters. The van der Waals surface area contributed by atoms with E-state index in [9.17, 15) is 4.79 Å². The number of nitrogens with two attached hydrogens (primary N) is 1. The lowest BCUT2D eigenvalue weighted by atomic mass is 10.3. The molecule has 0 spiro atoms. The van der Waals surface area contributed by atoms with Crippen LogP contribution in [0.3, 0.4) is 0 Å². The number of aryl methyl sites for hydroxylation is 1. The highest BCUT2D eigenvalue weighted by Gasteiger charge is 2.18. The average Bonchev–Trinajstić information content (AvgIpc) is 2.51. The number of carbonyl (C=O) groups excluding carboxylic acids is 1. The van der Waals surface area contributed by atoms with Crippen LogP contribution in [0.15, 0.2) is 16.5 Å². The topological polar surface area (TPSA) is 65.5 Å². The van der Waals surface area contributed by atoms with Crippen LogP contribution in [-0.2, 0) is 4.74 Å². The van der Waals surface area contributed by atoms with E-state index in [2.05, 4.69) is 0 Å². The van der Waals surface area contributed by atoms with Gasteiger partial charge in [0.05, 0.1) is 0 Å². The molecule has 4 heteroatoms. The number of hydrogen-bond acceptors (Lipinski definition) is 4. The summed E-state index contributed by atoms with van der Waals surface area (Å²) in [6.07, 6.45) is -0.921. The highest BCUT2D eigenvalue weighted by atomic mass is 16.5. The van der Waals surface area contributed by atoms with E-state index in [1.165, 1.54) is 0 Å². The minimum Gasteiger partial charge on any atom is -0.458 e. The van der Waals surface area contributed by atoms with Gasteiger partial charge in [0.15, 0.2) is 12.0 Å². The molecular formula is C9H13NO3. The van der Waals surface area contributed by atoms with Crippen molar-refractivity contribution in [1.29, 1.82) is 0 Å². The molecule has 1 rings (SSSR count). The van der Waals surface area contributed by atoms with Crippen molar-refractivity contribution in [1.82, 2.24) is 0 Å². The van der Waals surface area contributed by atoms with Crippen LogP contribution in [0.1, 0.15) is 23.2 Å². The predicted octanol–water partition coefficient (Wildman–Crippen LogP) is 1.09. The van der Waals surface area contributed by atoms with Crippen molar-refractivity contribution < 1.29 is 13.9 Å². The summed E-state index contributed by atoms with van der Waals surface area (Å²) in [6.45, 7) is 3.95. The van der Waals surface area contributed by atoms with Crippen molar-refractivity contribution in [2.24, 2.45) is 5.73 Å². The van der Waals surface area contributed by atoms with Crippen LogP contribution >= 0.6 is 0 Å². The Kier molecular flexibility index (Phi) is 3.22. The molecule has 0 fully saturated rings. The Bertz CT molecular complexity index is 293. The molecule has 0 bridgehead atoms. The van der Waals surface area contributed by atoms with E-state index in [1.54, 1.807) is 26.0 Å². The number of hydrogen-bond donors (Lipinski definition) is 1. The summed E-state index contributed by atoms with van der Waals surface area (Å²) in [6, 6.07) is 3.31. The van der Waals surface area contributed by atoms with E-state index in [0.717, 1.165) is 0 Å². The van der Waals surface area contributed by atoms with Gasteiger partial charge in [-0.3, -0.25) is 10.5 Å². The molecule has 4 nitrogen and oxygen atoms in total. The Balaban J connectivity index is 2.67. The Hall–Kier alpha value is -1.13. The summed E-state index contributed by atoms with van der Waals surface area (Å²) in [7, 11) is 0. The van der Waals surface area contributed by atoms with Crippen LogP contribution in [0.25, 0.3) is 0 Å². The van der Waals surface area contributed by atoms with Crippen molar-refractivity contribution in [3.63, 3.8) is 0 Å². The summed E-state index contributed by atoms with van der Waals surface area (Å²) < 4.78 is 10.0. The predicted molar refractivity (Wildman–Crippen MR) is 47.4 cm³/mol. The molecule has 2 N–H and O–H groups in total. The first-order valence-electron chi connectivity index (χ1n) is 4.13. The molecule has 0 saturated carbocycles. The third-order valence-corrected chi connectivity index (χ3v) is 1.59. The molecule has 1 atom stereocenters. The summed E-state index contributed by atoms with van der Waals surface area (Å²) in [4.78, 5) is 11.4. The van der Waals surface area contributed by atoms with E-state index in [0.29, 0.717) is 12.4 Å². The second-order valence-corrected chi connectivity index (χ2v) is 2.65. The van der Waals surface area contributed by atoms with Gasteiger partial charge in [-0.15, -0.1) is 0 Å². The van der Waals surface area contributed by atoms with Crippen LogP contribution in [0, 0.1) is 6.92 Å². The van der Waals surface area contributed by atoms with Gasteiger partial charge in [0, 0.05) is 6.61 Å². The molecule has 0 aliphatic rings. The first kappa shape index (κ1) is 9.95. The maximum Gasteiger partial charge on any atom is 0.241 e. The SMILES string of the molecule is CCOC(N)C(=O)c1ccc(C)o1. The van der Waals surface area contributed by atoms with Crippen LogP contribution in [0.2, 0.25) is 0 Å². The zero-order valence-electron chi connectivity index (χ0n) is 7.74. The molecular weight excluding hydrogens is 170 g/mol. The number of ketones is 1. The van der Waals surface area contributed by atoms with E-state index in [1.807, 2.05) is 0 Å². The maximum absolute atomic E-state index is 11.4. The van der Waals surface area contributed by atoms with Crippen LogP contribution in [-0.4, -0.2) is 18.6 Å². The van der Waals surface area contributed by atoms with Gasteiger partial charge in [0.1, 0.15) is 5.76 Å². The van der Waals surface area contributed by atoms with Gasteiger partial charge in [-0.1, -0.05) is 0 Å². The molecule has 1 aromatic heterocycles. The molecule has 0 aliphatic carbocycles. The lowest BCUT2D eigenvalue weighted by Crippen LogP contribution is -2.33. The van der Waals surface area contributed by atoms with Crippen molar-refractivity contribution >= 4 is 5.78 Å². The lowest BCUT2D eigenvalue weighted by Gasteiger charge is -2.07. The van der Waals surface area contributed by atoms with Crippen molar-refractivity contribution in [2.45, 2.75) is 20.1 Å². The average molecular weight is 183 g/mol. The highest BCUT2D eigenvalue weighted by Crippen LogP contribution is 2.08. The Morgan fingerprint density at radius 1 is 1.69 bits per heavy atom. The van der Waals surface area contributed by atoms with Gasteiger partial charge in [0.25, 0.3) is 0 Å². The van der Waals surface area contributed by atoms with Gasteiger partial charge in [-0.25, -0.2) is 0 Å². The summed E-state index contributed by atoms with van der Waals surface area (Å²) >= 11 is 0. The molecule has 0 aromatic carbocycles. The monoisotopic (exact) mass is 183 g/mol. The van der Waals surface area contributed by atoms with Gasteiger partial charge in [-0.05, 0) is 26.0 Å². The fourth-order valence-electron chi connectivity index (χ4n) is 0.962. The number of carbonyl (C=O) groups is 1. The number of ether oxygens (including phenoxy) is 1. The number of rotatable bonds is 4. The van der Waals surface area contributed by atoms with Crippen LogP contribution in [0.5, 0.6) is 0 Å². The maximum atomic E-state index is 11.4. The summed E-state index contributed by atoms with van der Waals surface area (Å²) in [5.74, 6) is 0.612. The lowest BCUT2D eigenvalue weighted by molar-refractivity contribution is 0.0454. The first-order valence-corrected chi connectivity index (χ1v) is 4.13. The third kappa shape index (κ3) is 2.40. The third-order valence-electron chi connectivity index (χ3n) is 1.59. The van der Waals surface area contributed by atoms with E-state index in [4.69, 9.17) is 14.9 Å². The highest BCUT2D eigenvalue weighted by molar-refractivity contribution is 5.96. The normalized spacial score (nSPS) is 12.8. The quantitative estimate of drug-likeness (QED) is 0.560. The zero-order chi connectivity index (χ0) is 9.84. The van der Waals surface area contributed by atoms with Crippen molar-refractivity contribution in [2.75, 3.05) is 6.61 Å². The number of furan rings is 1. The molecule has 1 aromatic rings. The van der Waals surface area contributed by atoms with Gasteiger partial charge in [-0.2, -0.15) is 0 Å². The van der Waals surface area contributed by atoms with Crippen molar-refractivity contribution in [3.8, 4) is 0 Å². The van der Waals surface area contributed by atoms with E-state index >= 15 is 0 Å². The second-order valence-electron chi connectivity index (χ2n) is 2.65. The fourth-order valence-corrected chi connectivity index (χ4v) is 0.962. The molecule has 0 radical (unpaired) electrons. The molecule has 0 saturated heterocycles. The standard InChI is InChI=1S/C9H13NO3/c1-3-12-9(10)8(11)7-5-4-6(2)13-7/h4-5,9H,3,10H2,1-2H3. The summed E-state index contributed by atoms with van der Waals surface area (Å²) in [5, 5.41) is 0. The Morgan fingerprint density at radius 2 is 2.38 bits per heavy atom. The van der Waals surface area contributed by atoms with Crippen LogP contribution < -0.4 is 5.73 Å². The van der Waals surface area contributed by atoms with E-state index < -0.39 is 6.23 Å². The minimum atomic E-state index is -0.921. The Morgan fingerprint density at radius 3 is 2.85 bits per heavy atom. The molecule has 72 valence electrons. The summed E-state index contributed by atoms with van der Waals surface area (Å²) in [5.41, 5.74) is 5.44. The molecule has 1 heterocycles. The van der Waals surface area contributed by atoms with Crippen molar-refractivity contribution in [3.05, 3.63) is 23.7 Å². The minimum absolute atomic E-state index is 0.249. The molecule has 0 amide bonds. The smallest absolute Gasteiger partial charge is 0.241 e. The molecule has 0 aliphatic heterocycles. The van der Waals surface area contributed by atoms with Gasteiger partial charge < -0.3 is 9.15 Å². The van der Waals surface area contributed by atoms with Gasteiger partial charge in [0.2, 0.25) is 5.78 Å². The second kappa shape index (κ2) is 4.20. The van der Waals surface area contributed by atoms with Crippen LogP contribution in [0.4, 0.5) is 0 Å². The van der Waals surface area contributed by atoms with Gasteiger partial charge >= 0.3 is 0 Å².